The first-order valence-electron chi connectivity index (χ1n) is 4.74. The van der Waals surface area contributed by atoms with E-state index >= 15 is 0 Å². The first-order valence-corrected chi connectivity index (χ1v) is 4.74. The number of hydrogen-bond acceptors (Lipinski definition) is 3. The second-order valence-electron chi connectivity index (χ2n) is 3.68. The van der Waals surface area contributed by atoms with Crippen LogP contribution in [0, 0.1) is 0 Å². The maximum Gasteiger partial charge on any atom is 0.322 e. The van der Waals surface area contributed by atoms with Gasteiger partial charge in [-0.05, 0) is 19.7 Å². The number of rotatable bonds is 4. The highest BCUT2D eigenvalue weighted by molar-refractivity contribution is 5.74. The van der Waals surface area contributed by atoms with Gasteiger partial charge in [-0.2, -0.15) is 0 Å². The second-order valence-corrected chi connectivity index (χ2v) is 3.68. The Morgan fingerprint density at radius 3 is 2.27 bits per heavy atom. The monoisotopic (exact) mass is 208 g/mol. The number of likely N-dealkylation sites (N-methyl/N-ethyl adjacent to an activating group) is 1. The summed E-state index contributed by atoms with van der Waals surface area (Å²) in [6, 6.07) is 8.19. The SMILES string of the molecule is CN(C)C(c1ccccc1)C(N)C(=O)O. The quantitative estimate of drug-likeness (QED) is 0.764. The number of nitrogens with zero attached hydrogens (tertiary/aromatic N) is 1. The molecular formula is C11H16N2O2. The third-order valence-corrected chi connectivity index (χ3v) is 2.32. The summed E-state index contributed by atoms with van der Waals surface area (Å²) in [6.45, 7) is 0. The molecule has 0 saturated heterocycles. The molecule has 0 aliphatic rings. The van der Waals surface area contributed by atoms with E-state index in [0.29, 0.717) is 0 Å². The van der Waals surface area contributed by atoms with E-state index in [0.717, 1.165) is 5.56 Å². The molecule has 15 heavy (non-hydrogen) atoms. The zero-order chi connectivity index (χ0) is 11.4. The van der Waals surface area contributed by atoms with E-state index < -0.39 is 12.0 Å². The zero-order valence-corrected chi connectivity index (χ0v) is 8.92. The Morgan fingerprint density at radius 1 is 1.33 bits per heavy atom. The van der Waals surface area contributed by atoms with Crippen molar-refractivity contribution in [1.82, 2.24) is 4.90 Å². The van der Waals surface area contributed by atoms with Gasteiger partial charge in [0.15, 0.2) is 0 Å². The van der Waals surface area contributed by atoms with Gasteiger partial charge in [0, 0.05) is 0 Å². The Kier molecular flexibility index (Phi) is 3.82. The highest BCUT2D eigenvalue weighted by Crippen LogP contribution is 2.20. The van der Waals surface area contributed by atoms with Crippen LogP contribution in [-0.4, -0.2) is 36.1 Å². The molecule has 0 aromatic heterocycles. The summed E-state index contributed by atoms with van der Waals surface area (Å²) in [5.41, 5.74) is 6.57. The molecule has 0 heterocycles. The van der Waals surface area contributed by atoms with Crippen LogP contribution in [0.1, 0.15) is 11.6 Å². The maximum absolute atomic E-state index is 10.9. The standard InChI is InChI=1S/C11H16N2O2/c1-13(2)10(9(12)11(14)15)8-6-4-3-5-7-8/h3-7,9-10H,12H2,1-2H3,(H,14,15). The third-order valence-electron chi connectivity index (χ3n) is 2.32. The summed E-state index contributed by atoms with van der Waals surface area (Å²) in [5.74, 6) is -0.988. The lowest BCUT2D eigenvalue weighted by Crippen LogP contribution is -2.43. The van der Waals surface area contributed by atoms with Gasteiger partial charge in [0.25, 0.3) is 0 Å². The minimum atomic E-state index is -0.988. The lowest BCUT2D eigenvalue weighted by Gasteiger charge is -2.27. The Morgan fingerprint density at radius 2 is 1.87 bits per heavy atom. The summed E-state index contributed by atoms with van der Waals surface area (Å²) in [4.78, 5) is 12.7. The van der Waals surface area contributed by atoms with Crippen molar-refractivity contribution in [3.63, 3.8) is 0 Å². The van der Waals surface area contributed by atoms with Crippen LogP contribution in [0.3, 0.4) is 0 Å². The molecule has 0 amide bonds. The minimum absolute atomic E-state index is 0.302. The van der Waals surface area contributed by atoms with E-state index in [1.165, 1.54) is 0 Å². The van der Waals surface area contributed by atoms with Gasteiger partial charge < -0.3 is 15.7 Å². The molecule has 0 radical (unpaired) electrons. The lowest BCUT2D eigenvalue weighted by molar-refractivity contribution is -0.140. The molecule has 2 unspecified atom stereocenters. The lowest BCUT2D eigenvalue weighted by atomic mass is 9.99. The molecule has 4 nitrogen and oxygen atoms in total. The van der Waals surface area contributed by atoms with Crippen LogP contribution in [0.5, 0.6) is 0 Å². The van der Waals surface area contributed by atoms with Gasteiger partial charge in [-0.25, -0.2) is 0 Å². The van der Waals surface area contributed by atoms with Gasteiger partial charge in [0.05, 0.1) is 6.04 Å². The molecule has 1 aromatic rings. The van der Waals surface area contributed by atoms with Crippen LogP contribution in [0.25, 0.3) is 0 Å². The van der Waals surface area contributed by atoms with Crippen LogP contribution in [-0.2, 0) is 4.79 Å². The van der Waals surface area contributed by atoms with Crippen molar-refractivity contribution in [3.8, 4) is 0 Å². The predicted molar refractivity (Wildman–Crippen MR) is 58.5 cm³/mol. The molecule has 2 atom stereocenters. The van der Waals surface area contributed by atoms with E-state index in [1.54, 1.807) is 0 Å². The normalized spacial score (nSPS) is 14.9. The summed E-state index contributed by atoms with van der Waals surface area (Å²) >= 11 is 0. The Bertz CT molecular complexity index is 325. The maximum atomic E-state index is 10.9. The summed E-state index contributed by atoms with van der Waals surface area (Å²) in [7, 11) is 3.64. The number of nitrogens with two attached hydrogens (primary N) is 1. The number of hydrogen-bond donors (Lipinski definition) is 2. The van der Waals surface area contributed by atoms with E-state index in [-0.39, 0.29) is 6.04 Å². The number of carboxylic acids is 1. The molecule has 0 aliphatic carbocycles. The van der Waals surface area contributed by atoms with Gasteiger partial charge in [-0.15, -0.1) is 0 Å². The molecule has 0 bridgehead atoms. The van der Waals surface area contributed by atoms with E-state index in [2.05, 4.69) is 0 Å². The fraction of sp³-hybridized carbons (Fsp3) is 0.364. The first kappa shape index (κ1) is 11.7. The molecule has 3 N–H and O–H groups in total. The first-order chi connectivity index (χ1) is 7.04. The number of carbonyl (C=O) groups is 1. The second kappa shape index (κ2) is 4.91. The molecule has 82 valence electrons. The summed E-state index contributed by atoms with van der Waals surface area (Å²) < 4.78 is 0. The number of benzene rings is 1. The Labute approximate surface area is 89.3 Å². The molecule has 1 aromatic carbocycles. The van der Waals surface area contributed by atoms with Crippen molar-refractivity contribution in [3.05, 3.63) is 35.9 Å². The van der Waals surface area contributed by atoms with E-state index in [1.807, 2.05) is 49.3 Å². The van der Waals surface area contributed by atoms with Crippen molar-refractivity contribution in [1.29, 1.82) is 0 Å². The summed E-state index contributed by atoms with van der Waals surface area (Å²) in [6.07, 6.45) is 0. The highest BCUT2D eigenvalue weighted by Gasteiger charge is 2.27. The summed E-state index contributed by atoms with van der Waals surface area (Å²) in [5, 5.41) is 8.91. The van der Waals surface area contributed by atoms with Crippen LogP contribution in [0.2, 0.25) is 0 Å². The fourth-order valence-electron chi connectivity index (χ4n) is 1.61. The van der Waals surface area contributed by atoms with Gasteiger partial charge >= 0.3 is 5.97 Å². The molecule has 1 rings (SSSR count). The smallest absolute Gasteiger partial charge is 0.322 e. The minimum Gasteiger partial charge on any atom is -0.480 e. The molecule has 0 saturated carbocycles. The van der Waals surface area contributed by atoms with Crippen molar-refractivity contribution in [2.75, 3.05) is 14.1 Å². The molecule has 0 spiro atoms. The van der Waals surface area contributed by atoms with Crippen molar-refractivity contribution in [2.24, 2.45) is 5.73 Å². The van der Waals surface area contributed by atoms with E-state index in [9.17, 15) is 4.79 Å². The molecular weight excluding hydrogens is 192 g/mol. The van der Waals surface area contributed by atoms with E-state index in [4.69, 9.17) is 10.8 Å². The van der Waals surface area contributed by atoms with Gasteiger partial charge in [-0.3, -0.25) is 4.79 Å². The highest BCUT2D eigenvalue weighted by atomic mass is 16.4. The number of carboxylic acid groups (broad SMARTS) is 1. The van der Waals surface area contributed by atoms with Gasteiger partial charge in [0.2, 0.25) is 0 Å². The average Bonchev–Trinajstić information content (AvgIpc) is 2.18. The Balaban J connectivity index is 2.99. The van der Waals surface area contributed by atoms with Crippen LogP contribution in [0.15, 0.2) is 30.3 Å². The van der Waals surface area contributed by atoms with Crippen LogP contribution in [0.4, 0.5) is 0 Å². The largest absolute Gasteiger partial charge is 0.480 e. The predicted octanol–water partition coefficient (Wildman–Crippen LogP) is 0.701. The number of aliphatic carboxylic acids is 1. The van der Waals surface area contributed by atoms with Crippen LogP contribution >= 0.6 is 0 Å². The fourth-order valence-corrected chi connectivity index (χ4v) is 1.61. The van der Waals surface area contributed by atoms with Gasteiger partial charge in [-0.1, -0.05) is 30.3 Å². The van der Waals surface area contributed by atoms with Crippen molar-refractivity contribution < 1.29 is 9.90 Å². The van der Waals surface area contributed by atoms with Gasteiger partial charge in [0.1, 0.15) is 6.04 Å². The molecule has 0 fully saturated rings. The Hall–Kier alpha value is -1.39. The topological polar surface area (TPSA) is 66.6 Å². The van der Waals surface area contributed by atoms with Crippen molar-refractivity contribution in [2.45, 2.75) is 12.1 Å². The van der Waals surface area contributed by atoms with Crippen LogP contribution < -0.4 is 5.73 Å². The van der Waals surface area contributed by atoms with Crippen molar-refractivity contribution >= 4 is 5.97 Å². The molecule has 4 heteroatoms. The average molecular weight is 208 g/mol. The third kappa shape index (κ3) is 2.78. The molecule has 0 aliphatic heterocycles. The zero-order valence-electron chi connectivity index (χ0n) is 8.92.